The highest BCUT2D eigenvalue weighted by Crippen LogP contribution is 2.23. The fourth-order valence-corrected chi connectivity index (χ4v) is 1.42. The number of para-hydroxylation sites is 1. The highest BCUT2D eigenvalue weighted by molar-refractivity contribution is 6.32. The van der Waals surface area contributed by atoms with Crippen molar-refractivity contribution in [1.29, 1.82) is 0 Å². The van der Waals surface area contributed by atoms with Crippen molar-refractivity contribution in [3.8, 4) is 5.75 Å². The Morgan fingerprint density at radius 2 is 2.07 bits per heavy atom. The number of hydrogen-bond acceptors (Lipinski definition) is 2. The van der Waals surface area contributed by atoms with E-state index in [0.29, 0.717) is 23.1 Å². The number of benzene rings is 1. The lowest BCUT2D eigenvalue weighted by Crippen LogP contribution is -2.13. The first-order valence-electron chi connectivity index (χ1n) is 4.98. The van der Waals surface area contributed by atoms with E-state index in [1.165, 1.54) is 0 Å². The Morgan fingerprint density at radius 3 is 2.67 bits per heavy atom. The SMILES string of the molecule is CC(C)CC(=O)COc1ccccc1Cl. The van der Waals surface area contributed by atoms with Crippen molar-refractivity contribution in [3.63, 3.8) is 0 Å². The second-order valence-corrected chi connectivity index (χ2v) is 4.26. The highest BCUT2D eigenvalue weighted by Gasteiger charge is 2.07. The molecule has 0 spiro atoms. The molecule has 0 fully saturated rings. The van der Waals surface area contributed by atoms with E-state index in [9.17, 15) is 4.79 Å². The molecule has 1 aromatic carbocycles. The van der Waals surface area contributed by atoms with Gasteiger partial charge >= 0.3 is 0 Å². The molecule has 0 saturated carbocycles. The third kappa shape index (κ3) is 4.34. The Labute approximate surface area is 95.2 Å². The molecule has 1 aromatic rings. The number of carbonyl (C=O) groups excluding carboxylic acids is 1. The summed E-state index contributed by atoms with van der Waals surface area (Å²) in [4.78, 5) is 11.4. The molecule has 0 unspecified atom stereocenters. The number of ketones is 1. The predicted octanol–water partition coefficient (Wildman–Crippen LogP) is 3.33. The van der Waals surface area contributed by atoms with E-state index in [4.69, 9.17) is 16.3 Å². The Bertz CT molecular complexity index is 334. The minimum atomic E-state index is 0.0991. The van der Waals surface area contributed by atoms with Crippen LogP contribution in [0.2, 0.25) is 5.02 Å². The third-order valence-corrected chi connectivity index (χ3v) is 2.17. The molecule has 0 aliphatic carbocycles. The van der Waals surface area contributed by atoms with Gasteiger partial charge in [-0.25, -0.2) is 0 Å². The Hall–Kier alpha value is -1.02. The largest absolute Gasteiger partial charge is 0.484 e. The van der Waals surface area contributed by atoms with Gasteiger partial charge in [0.25, 0.3) is 0 Å². The molecule has 0 N–H and O–H groups in total. The van der Waals surface area contributed by atoms with E-state index in [2.05, 4.69) is 0 Å². The zero-order valence-corrected chi connectivity index (χ0v) is 9.75. The third-order valence-electron chi connectivity index (χ3n) is 1.86. The summed E-state index contributed by atoms with van der Waals surface area (Å²) in [6, 6.07) is 7.15. The molecule has 82 valence electrons. The zero-order chi connectivity index (χ0) is 11.3. The van der Waals surface area contributed by atoms with Gasteiger partial charge in [0.2, 0.25) is 0 Å². The van der Waals surface area contributed by atoms with Crippen LogP contribution < -0.4 is 4.74 Å². The molecule has 0 aromatic heterocycles. The molecule has 3 heteroatoms. The molecule has 0 saturated heterocycles. The molecule has 0 aliphatic heterocycles. The number of carbonyl (C=O) groups is 1. The molecule has 0 amide bonds. The van der Waals surface area contributed by atoms with Gasteiger partial charge in [-0.15, -0.1) is 0 Å². The van der Waals surface area contributed by atoms with Crippen LogP contribution in [0, 0.1) is 5.92 Å². The molecule has 0 heterocycles. The molecular weight excluding hydrogens is 212 g/mol. The van der Waals surface area contributed by atoms with Crippen molar-refractivity contribution in [2.45, 2.75) is 20.3 Å². The highest BCUT2D eigenvalue weighted by atomic mass is 35.5. The quantitative estimate of drug-likeness (QED) is 0.770. The Balaban J connectivity index is 2.44. The van der Waals surface area contributed by atoms with E-state index in [0.717, 1.165) is 0 Å². The first-order valence-corrected chi connectivity index (χ1v) is 5.36. The maximum absolute atomic E-state index is 11.4. The Kier molecular flexibility index (Phi) is 4.63. The zero-order valence-electron chi connectivity index (χ0n) is 9.00. The summed E-state index contributed by atoms with van der Waals surface area (Å²) in [5, 5.41) is 0.537. The number of hydrogen-bond donors (Lipinski definition) is 0. The van der Waals surface area contributed by atoms with Crippen molar-refractivity contribution in [3.05, 3.63) is 29.3 Å². The molecule has 0 atom stereocenters. The average Bonchev–Trinajstić information content (AvgIpc) is 2.15. The minimum absolute atomic E-state index is 0.0991. The smallest absolute Gasteiger partial charge is 0.170 e. The van der Waals surface area contributed by atoms with Crippen LogP contribution in [0.25, 0.3) is 0 Å². The van der Waals surface area contributed by atoms with Gasteiger partial charge in [-0.2, -0.15) is 0 Å². The van der Waals surface area contributed by atoms with Crippen LogP contribution in [0.3, 0.4) is 0 Å². The van der Waals surface area contributed by atoms with Gasteiger partial charge < -0.3 is 4.74 Å². The van der Waals surface area contributed by atoms with Crippen LogP contribution >= 0.6 is 11.6 Å². The van der Waals surface area contributed by atoms with Crippen LogP contribution in [0.4, 0.5) is 0 Å². The maximum Gasteiger partial charge on any atom is 0.170 e. The molecule has 2 nitrogen and oxygen atoms in total. The first kappa shape index (κ1) is 12.1. The normalized spacial score (nSPS) is 10.4. The summed E-state index contributed by atoms with van der Waals surface area (Å²) in [5.41, 5.74) is 0. The van der Waals surface area contributed by atoms with Crippen LogP contribution in [0.5, 0.6) is 5.75 Å². The summed E-state index contributed by atoms with van der Waals surface area (Å²) in [7, 11) is 0. The maximum atomic E-state index is 11.4. The van der Waals surface area contributed by atoms with E-state index < -0.39 is 0 Å². The fraction of sp³-hybridized carbons (Fsp3) is 0.417. The van der Waals surface area contributed by atoms with E-state index in [1.807, 2.05) is 26.0 Å². The fourth-order valence-electron chi connectivity index (χ4n) is 1.23. The summed E-state index contributed by atoms with van der Waals surface area (Å²) < 4.78 is 5.32. The monoisotopic (exact) mass is 226 g/mol. The van der Waals surface area contributed by atoms with Crippen molar-refractivity contribution < 1.29 is 9.53 Å². The number of ether oxygens (including phenoxy) is 1. The molecule has 0 aliphatic rings. The van der Waals surface area contributed by atoms with Gasteiger partial charge in [0, 0.05) is 6.42 Å². The molecule has 1 rings (SSSR count). The van der Waals surface area contributed by atoms with Crippen LogP contribution in [0.15, 0.2) is 24.3 Å². The van der Waals surface area contributed by atoms with E-state index in [-0.39, 0.29) is 12.4 Å². The van der Waals surface area contributed by atoms with Gasteiger partial charge in [0.05, 0.1) is 5.02 Å². The van der Waals surface area contributed by atoms with Gasteiger partial charge in [0.15, 0.2) is 5.78 Å². The Morgan fingerprint density at radius 1 is 1.40 bits per heavy atom. The second-order valence-electron chi connectivity index (χ2n) is 3.86. The van der Waals surface area contributed by atoms with Gasteiger partial charge in [-0.3, -0.25) is 4.79 Å². The van der Waals surface area contributed by atoms with Crippen molar-refractivity contribution >= 4 is 17.4 Å². The molecule has 0 radical (unpaired) electrons. The lowest BCUT2D eigenvalue weighted by Gasteiger charge is -2.07. The second kappa shape index (κ2) is 5.76. The van der Waals surface area contributed by atoms with Crippen LogP contribution in [-0.2, 0) is 4.79 Å². The molecule has 0 bridgehead atoms. The first-order chi connectivity index (χ1) is 7.09. The van der Waals surface area contributed by atoms with Gasteiger partial charge in [-0.05, 0) is 18.1 Å². The number of rotatable bonds is 5. The lowest BCUT2D eigenvalue weighted by atomic mass is 10.1. The summed E-state index contributed by atoms with van der Waals surface area (Å²) in [5.74, 6) is 1.04. The van der Waals surface area contributed by atoms with Gasteiger partial charge in [-0.1, -0.05) is 37.6 Å². The standard InChI is InChI=1S/C12H15ClO2/c1-9(2)7-10(14)8-15-12-6-4-3-5-11(12)13/h3-6,9H,7-8H2,1-2H3. The summed E-state index contributed by atoms with van der Waals surface area (Å²) >= 11 is 5.88. The predicted molar refractivity (Wildman–Crippen MR) is 61.4 cm³/mol. The van der Waals surface area contributed by atoms with Gasteiger partial charge in [0.1, 0.15) is 12.4 Å². The van der Waals surface area contributed by atoms with E-state index >= 15 is 0 Å². The van der Waals surface area contributed by atoms with E-state index in [1.54, 1.807) is 12.1 Å². The molecule has 15 heavy (non-hydrogen) atoms. The van der Waals surface area contributed by atoms with Crippen LogP contribution in [0.1, 0.15) is 20.3 Å². The average molecular weight is 227 g/mol. The summed E-state index contributed by atoms with van der Waals surface area (Å²) in [6.07, 6.45) is 0.546. The minimum Gasteiger partial charge on any atom is -0.484 e. The van der Waals surface area contributed by atoms with Crippen molar-refractivity contribution in [2.75, 3.05) is 6.61 Å². The number of halogens is 1. The lowest BCUT2D eigenvalue weighted by molar-refractivity contribution is -0.121. The topological polar surface area (TPSA) is 26.3 Å². The van der Waals surface area contributed by atoms with Crippen LogP contribution in [-0.4, -0.2) is 12.4 Å². The van der Waals surface area contributed by atoms with Crippen molar-refractivity contribution in [1.82, 2.24) is 0 Å². The number of Topliss-reactive ketones (excluding diaryl/α,β-unsaturated/α-hetero) is 1. The summed E-state index contributed by atoms with van der Waals surface area (Å²) in [6.45, 7) is 4.11. The molecular formula is C12H15ClO2. The van der Waals surface area contributed by atoms with Crippen molar-refractivity contribution in [2.24, 2.45) is 5.92 Å².